The van der Waals surface area contributed by atoms with Crippen LogP contribution in [0.5, 0.6) is 0 Å². The number of anilines is 2. The van der Waals surface area contributed by atoms with E-state index >= 15 is 0 Å². The highest BCUT2D eigenvalue weighted by atomic mass is 35.5. The summed E-state index contributed by atoms with van der Waals surface area (Å²) in [5.74, 6) is -0.0939. The van der Waals surface area contributed by atoms with Crippen LogP contribution >= 0.6 is 11.6 Å². The zero-order valence-electron chi connectivity index (χ0n) is 18.9. The first kappa shape index (κ1) is 20.9. The molecule has 1 fully saturated rings. The second-order valence-corrected chi connectivity index (χ2v) is 9.42. The van der Waals surface area contributed by atoms with Crippen LogP contribution in [0.2, 0.25) is 5.02 Å². The molecule has 8 nitrogen and oxygen atoms in total. The molecule has 2 aromatic heterocycles. The maximum atomic E-state index is 13.4. The van der Waals surface area contributed by atoms with Gasteiger partial charge in [-0.05, 0) is 55.3 Å². The Bertz CT molecular complexity index is 1700. The number of hydrogen-bond donors (Lipinski definition) is 2. The first-order chi connectivity index (χ1) is 17.6. The van der Waals surface area contributed by atoms with Crippen molar-refractivity contribution in [3.63, 3.8) is 0 Å². The molecule has 2 amide bonds. The third-order valence-electron chi connectivity index (χ3n) is 6.71. The van der Waals surface area contributed by atoms with Gasteiger partial charge in [0.15, 0.2) is 0 Å². The van der Waals surface area contributed by atoms with Crippen LogP contribution in [0.1, 0.15) is 45.2 Å². The Balaban J connectivity index is 1.26. The number of carbonyl (C=O) groups excluding carboxylic acids is 2. The summed E-state index contributed by atoms with van der Waals surface area (Å²) in [6.07, 6.45) is 7.10. The molecule has 0 radical (unpaired) electrons. The van der Waals surface area contributed by atoms with Crippen LogP contribution in [0.3, 0.4) is 0 Å². The third kappa shape index (κ3) is 3.22. The Kier molecular flexibility index (Phi) is 4.52. The highest BCUT2D eigenvalue weighted by Gasteiger charge is 2.34. The van der Waals surface area contributed by atoms with E-state index in [4.69, 9.17) is 11.6 Å². The van der Waals surface area contributed by atoms with Crippen LogP contribution in [0.4, 0.5) is 11.4 Å². The lowest BCUT2D eigenvalue weighted by molar-refractivity contribution is 0.102. The lowest BCUT2D eigenvalue weighted by Crippen LogP contribution is -2.14. The normalized spacial score (nSPS) is 14.3. The van der Waals surface area contributed by atoms with Gasteiger partial charge in [0.2, 0.25) is 0 Å². The molecule has 0 atom stereocenters. The lowest BCUT2D eigenvalue weighted by Gasteiger charge is -2.13. The van der Waals surface area contributed by atoms with E-state index in [1.54, 1.807) is 29.2 Å². The van der Waals surface area contributed by atoms with Crippen molar-refractivity contribution in [2.24, 2.45) is 0 Å². The van der Waals surface area contributed by atoms with Gasteiger partial charge in [0.05, 0.1) is 33.9 Å². The molecule has 0 bridgehead atoms. The molecular formula is C27H19ClN6O2. The van der Waals surface area contributed by atoms with Crippen molar-refractivity contribution in [1.29, 1.82) is 0 Å². The number of rotatable bonds is 5. The lowest BCUT2D eigenvalue weighted by atomic mass is 10.0. The fraction of sp³-hybridized carbons (Fsp3) is 0.111. The number of nitrogens with one attached hydrogen (secondary N) is 2. The van der Waals surface area contributed by atoms with Crippen molar-refractivity contribution >= 4 is 45.6 Å². The average molecular weight is 495 g/mol. The van der Waals surface area contributed by atoms with Crippen LogP contribution in [0.25, 0.3) is 22.1 Å². The van der Waals surface area contributed by atoms with Gasteiger partial charge in [-0.2, -0.15) is 10.2 Å². The summed E-state index contributed by atoms with van der Waals surface area (Å²) in [7, 11) is 0. The van der Waals surface area contributed by atoms with Crippen LogP contribution in [0.15, 0.2) is 73.2 Å². The fourth-order valence-electron chi connectivity index (χ4n) is 4.91. The van der Waals surface area contributed by atoms with Gasteiger partial charge >= 0.3 is 0 Å². The summed E-state index contributed by atoms with van der Waals surface area (Å²) in [4.78, 5) is 25.7. The number of amides is 2. The molecule has 7 rings (SSSR count). The van der Waals surface area contributed by atoms with E-state index < -0.39 is 0 Å². The highest BCUT2D eigenvalue weighted by molar-refractivity contribution is 6.32. The van der Waals surface area contributed by atoms with Crippen molar-refractivity contribution in [3.8, 4) is 11.4 Å². The number of carbonyl (C=O) groups is 2. The third-order valence-corrected chi connectivity index (χ3v) is 7.01. The minimum absolute atomic E-state index is 0.104. The van der Waals surface area contributed by atoms with E-state index in [1.807, 2.05) is 53.3 Å². The van der Waals surface area contributed by atoms with Crippen molar-refractivity contribution in [2.75, 3.05) is 10.6 Å². The Morgan fingerprint density at radius 1 is 1.06 bits per heavy atom. The van der Waals surface area contributed by atoms with E-state index in [1.165, 1.54) is 0 Å². The quantitative estimate of drug-likeness (QED) is 0.334. The smallest absolute Gasteiger partial charge is 0.259 e. The molecule has 5 aromatic rings. The predicted octanol–water partition coefficient (Wildman–Crippen LogP) is 5.56. The Hall–Kier alpha value is -4.43. The van der Waals surface area contributed by atoms with Gasteiger partial charge in [-0.1, -0.05) is 23.7 Å². The van der Waals surface area contributed by atoms with Gasteiger partial charge < -0.3 is 10.6 Å². The van der Waals surface area contributed by atoms with Crippen molar-refractivity contribution in [3.05, 3.63) is 95.0 Å². The van der Waals surface area contributed by atoms with Gasteiger partial charge in [0.1, 0.15) is 0 Å². The molecule has 1 aliphatic heterocycles. The summed E-state index contributed by atoms with van der Waals surface area (Å²) in [6.45, 7) is 0. The maximum absolute atomic E-state index is 13.4. The summed E-state index contributed by atoms with van der Waals surface area (Å²) < 4.78 is 3.52. The largest absolute Gasteiger partial charge is 0.322 e. The number of benzene rings is 3. The maximum Gasteiger partial charge on any atom is 0.259 e. The molecule has 1 saturated carbocycles. The standard InChI is InChI=1S/C27H19ClN6O2/c28-20-13-16(7-9-23(20)33-12-2-11-29-33)31-27(36)19-14-30-34(25(19)15-5-6-15)22-10-8-21-24-17(22)3-1-4-18(24)26(35)32-21/h1-4,7-15H,5-6H2,(H,31,36)(H,32,35). The number of nitrogens with zero attached hydrogens (tertiary/aromatic N) is 4. The molecule has 2 N–H and O–H groups in total. The monoisotopic (exact) mass is 494 g/mol. The SMILES string of the molecule is O=C(Nc1ccc(-n2cccn2)c(Cl)c1)c1cnn(-c2ccc3c4c(cccc24)C(=O)N3)c1C1CC1. The van der Waals surface area contributed by atoms with E-state index in [9.17, 15) is 9.59 Å². The second kappa shape index (κ2) is 7.79. The summed E-state index contributed by atoms with van der Waals surface area (Å²) >= 11 is 6.46. The van der Waals surface area contributed by atoms with Gasteiger partial charge in [0, 0.05) is 46.0 Å². The molecule has 36 heavy (non-hydrogen) atoms. The minimum Gasteiger partial charge on any atom is -0.322 e. The average Bonchev–Trinajstić information content (AvgIpc) is 3.26. The summed E-state index contributed by atoms with van der Waals surface area (Å²) in [6, 6.07) is 16.7. The molecule has 0 spiro atoms. The van der Waals surface area contributed by atoms with Crippen LogP contribution in [0, 0.1) is 0 Å². The van der Waals surface area contributed by atoms with Crippen LogP contribution in [-0.4, -0.2) is 31.4 Å². The second-order valence-electron chi connectivity index (χ2n) is 9.02. The molecule has 1 aliphatic carbocycles. The van der Waals surface area contributed by atoms with E-state index in [-0.39, 0.29) is 17.7 Å². The van der Waals surface area contributed by atoms with Crippen molar-refractivity contribution < 1.29 is 9.59 Å². The Morgan fingerprint density at radius 3 is 2.69 bits per heavy atom. The van der Waals surface area contributed by atoms with E-state index in [0.717, 1.165) is 46.4 Å². The summed E-state index contributed by atoms with van der Waals surface area (Å²) in [5, 5.41) is 17.0. The molecule has 9 heteroatoms. The zero-order chi connectivity index (χ0) is 24.4. The molecule has 3 aromatic carbocycles. The first-order valence-corrected chi connectivity index (χ1v) is 12.0. The van der Waals surface area contributed by atoms with Crippen molar-refractivity contribution in [1.82, 2.24) is 19.6 Å². The topological polar surface area (TPSA) is 93.8 Å². The number of halogens is 1. The van der Waals surface area contributed by atoms with Gasteiger partial charge in [-0.25, -0.2) is 9.36 Å². The first-order valence-electron chi connectivity index (χ1n) is 11.6. The molecule has 0 unspecified atom stereocenters. The van der Waals surface area contributed by atoms with E-state index in [0.29, 0.717) is 21.8 Å². The van der Waals surface area contributed by atoms with Gasteiger partial charge in [-0.3, -0.25) is 9.59 Å². The zero-order valence-corrected chi connectivity index (χ0v) is 19.7. The van der Waals surface area contributed by atoms with Crippen LogP contribution < -0.4 is 10.6 Å². The van der Waals surface area contributed by atoms with Crippen LogP contribution in [-0.2, 0) is 0 Å². The van der Waals surface area contributed by atoms with Gasteiger partial charge in [-0.15, -0.1) is 0 Å². The minimum atomic E-state index is -0.242. The number of aromatic nitrogens is 4. The number of hydrogen-bond acceptors (Lipinski definition) is 4. The Morgan fingerprint density at radius 2 is 1.92 bits per heavy atom. The van der Waals surface area contributed by atoms with Gasteiger partial charge in [0.25, 0.3) is 11.8 Å². The fourth-order valence-corrected chi connectivity index (χ4v) is 5.18. The Labute approximate surface area is 210 Å². The molecule has 3 heterocycles. The van der Waals surface area contributed by atoms with Crippen molar-refractivity contribution in [2.45, 2.75) is 18.8 Å². The molecule has 0 saturated heterocycles. The molecular weight excluding hydrogens is 476 g/mol. The molecule has 2 aliphatic rings. The summed E-state index contributed by atoms with van der Waals surface area (Å²) in [5.41, 5.74) is 5.02. The molecule has 176 valence electrons. The highest BCUT2D eigenvalue weighted by Crippen LogP contribution is 2.44. The predicted molar refractivity (Wildman–Crippen MR) is 138 cm³/mol. The van der Waals surface area contributed by atoms with E-state index in [2.05, 4.69) is 20.8 Å².